The first-order valence-electron chi connectivity index (χ1n) is 11.5. The molecule has 1 aliphatic heterocycles. The first kappa shape index (κ1) is 23.8. The number of ether oxygens (including phenoxy) is 2. The normalized spacial score (nSPS) is 18.6. The highest BCUT2D eigenvalue weighted by Gasteiger charge is 2.50. The second-order valence-corrected chi connectivity index (χ2v) is 10.1. The van der Waals surface area contributed by atoms with Crippen LogP contribution in [0.4, 0.5) is 4.79 Å². The van der Waals surface area contributed by atoms with Gasteiger partial charge in [0, 0.05) is 7.05 Å². The molecule has 0 saturated heterocycles. The number of amides is 2. The molecule has 0 spiro atoms. The van der Waals surface area contributed by atoms with Gasteiger partial charge >= 0.3 is 12.1 Å². The quantitative estimate of drug-likeness (QED) is 0.637. The number of esters is 1. The zero-order chi connectivity index (χ0) is 24.8. The summed E-state index contributed by atoms with van der Waals surface area (Å²) in [6.45, 7) is 8.19. The first-order valence-corrected chi connectivity index (χ1v) is 11.5. The summed E-state index contributed by atoms with van der Waals surface area (Å²) in [5.74, 6) is -0.536. The van der Waals surface area contributed by atoms with Gasteiger partial charge in [0.25, 0.3) is 5.91 Å². The molecule has 9 heteroatoms. The third-order valence-corrected chi connectivity index (χ3v) is 6.61. The summed E-state index contributed by atoms with van der Waals surface area (Å²) in [6.07, 6.45) is 2.86. The van der Waals surface area contributed by atoms with Crippen molar-refractivity contribution in [2.45, 2.75) is 70.8 Å². The summed E-state index contributed by atoms with van der Waals surface area (Å²) in [5.41, 5.74) is 1.61. The van der Waals surface area contributed by atoms with Crippen molar-refractivity contribution in [1.82, 2.24) is 19.6 Å². The van der Waals surface area contributed by atoms with Crippen molar-refractivity contribution in [3.05, 3.63) is 52.8 Å². The number of hydrogen-bond acceptors (Lipinski definition) is 6. The predicted octanol–water partition coefficient (Wildman–Crippen LogP) is 3.57. The van der Waals surface area contributed by atoms with Gasteiger partial charge in [-0.1, -0.05) is 12.1 Å². The molecule has 1 unspecified atom stereocenters. The number of hydrogen-bond donors (Lipinski definition) is 0. The van der Waals surface area contributed by atoms with E-state index in [2.05, 4.69) is 5.10 Å². The lowest BCUT2D eigenvalue weighted by molar-refractivity contribution is 0.00881. The molecule has 34 heavy (non-hydrogen) atoms. The minimum Gasteiger partial charge on any atom is -0.465 e. The Labute approximate surface area is 199 Å². The maximum absolute atomic E-state index is 13.6. The fraction of sp³-hybridized carbons (Fsp3) is 0.520. The maximum atomic E-state index is 13.6. The molecule has 1 fully saturated rings. The van der Waals surface area contributed by atoms with Gasteiger partial charge in [-0.25, -0.2) is 9.59 Å². The fourth-order valence-corrected chi connectivity index (χ4v) is 4.49. The number of rotatable bonds is 4. The molecule has 1 aromatic carbocycles. The highest BCUT2D eigenvalue weighted by molar-refractivity contribution is 5.96. The number of carbonyl (C=O) groups is 3. The monoisotopic (exact) mass is 468 g/mol. The van der Waals surface area contributed by atoms with Gasteiger partial charge in [-0.15, -0.1) is 0 Å². The number of carbonyl (C=O) groups excluding carboxylic acids is 3. The lowest BCUT2D eigenvalue weighted by atomic mass is 10.0. The van der Waals surface area contributed by atoms with Gasteiger partial charge in [-0.2, -0.15) is 5.10 Å². The van der Waals surface area contributed by atoms with E-state index in [9.17, 15) is 14.4 Å². The molecule has 2 amide bonds. The summed E-state index contributed by atoms with van der Waals surface area (Å²) in [7, 11) is 3.15. The molecule has 2 heterocycles. The Balaban J connectivity index is 1.56. The summed E-state index contributed by atoms with van der Waals surface area (Å²) >= 11 is 0. The number of fused-ring (bicyclic) bond motifs is 1. The molecule has 9 nitrogen and oxygen atoms in total. The van der Waals surface area contributed by atoms with Gasteiger partial charge in [-0.3, -0.25) is 14.4 Å². The molecule has 1 aliphatic carbocycles. The molecular weight excluding hydrogens is 436 g/mol. The fourth-order valence-electron chi connectivity index (χ4n) is 4.49. The van der Waals surface area contributed by atoms with Gasteiger partial charge in [0.2, 0.25) is 0 Å². The van der Waals surface area contributed by atoms with Crippen molar-refractivity contribution in [1.29, 1.82) is 0 Å². The average molecular weight is 469 g/mol. The standard InChI is InChI=1S/C25H32N4O5/c1-16-14-29-20(15-28(16)23(32)34-24(2,3)4)19(13-26-29)21(30)27(5)25(11-12-25)18-9-7-17(8-10-18)22(31)33-6/h7-10,13,16H,11-12,14-15H2,1-6H3. The van der Waals surface area contributed by atoms with Gasteiger partial charge in [0.15, 0.2) is 0 Å². The zero-order valence-corrected chi connectivity index (χ0v) is 20.6. The Hall–Kier alpha value is -3.36. The van der Waals surface area contributed by atoms with Gasteiger partial charge in [-0.05, 0) is 58.2 Å². The van der Waals surface area contributed by atoms with E-state index >= 15 is 0 Å². The van der Waals surface area contributed by atoms with Gasteiger partial charge in [0.05, 0.1) is 54.8 Å². The first-order chi connectivity index (χ1) is 16.0. The highest BCUT2D eigenvalue weighted by atomic mass is 16.6. The highest BCUT2D eigenvalue weighted by Crippen LogP contribution is 2.51. The van der Waals surface area contributed by atoms with E-state index < -0.39 is 23.2 Å². The van der Waals surface area contributed by atoms with Crippen LogP contribution in [0.5, 0.6) is 0 Å². The van der Waals surface area contributed by atoms with Crippen LogP contribution >= 0.6 is 0 Å². The van der Waals surface area contributed by atoms with E-state index in [1.54, 1.807) is 39.9 Å². The predicted molar refractivity (Wildman–Crippen MR) is 124 cm³/mol. The summed E-state index contributed by atoms with van der Waals surface area (Å²) in [5, 5.41) is 4.43. The van der Waals surface area contributed by atoms with E-state index in [0.29, 0.717) is 23.4 Å². The van der Waals surface area contributed by atoms with Crippen molar-refractivity contribution in [2.75, 3.05) is 14.2 Å². The van der Waals surface area contributed by atoms with Crippen LogP contribution < -0.4 is 0 Å². The molecule has 0 N–H and O–H groups in total. The van der Waals surface area contributed by atoms with Crippen LogP contribution in [0.25, 0.3) is 0 Å². The largest absolute Gasteiger partial charge is 0.465 e. The Kier molecular flexibility index (Phi) is 5.91. The van der Waals surface area contributed by atoms with E-state index in [0.717, 1.165) is 18.4 Å². The molecule has 0 bridgehead atoms. The third kappa shape index (κ3) is 4.26. The molecule has 4 rings (SSSR count). The lowest BCUT2D eigenvalue weighted by Gasteiger charge is -2.36. The van der Waals surface area contributed by atoms with E-state index in [1.165, 1.54) is 7.11 Å². The Bertz CT molecular complexity index is 1110. The van der Waals surface area contributed by atoms with Crippen molar-refractivity contribution in [3.8, 4) is 0 Å². The smallest absolute Gasteiger partial charge is 0.410 e. The molecule has 1 saturated carbocycles. The molecular formula is C25H32N4O5. The van der Waals surface area contributed by atoms with Crippen molar-refractivity contribution >= 4 is 18.0 Å². The van der Waals surface area contributed by atoms with Crippen molar-refractivity contribution < 1.29 is 23.9 Å². The second-order valence-electron chi connectivity index (χ2n) is 10.1. The van der Waals surface area contributed by atoms with Crippen LogP contribution in [0.1, 0.15) is 72.5 Å². The number of nitrogens with zero attached hydrogens (tertiary/aromatic N) is 4. The summed E-state index contributed by atoms with van der Waals surface area (Å²) in [4.78, 5) is 41.6. The Morgan fingerprint density at radius 2 is 1.79 bits per heavy atom. The van der Waals surface area contributed by atoms with Crippen molar-refractivity contribution in [2.24, 2.45) is 0 Å². The van der Waals surface area contributed by atoms with Gasteiger partial charge in [0.1, 0.15) is 5.60 Å². The molecule has 1 atom stereocenters. The van der Waals surface area contributed by atoms with Crippen LogP contribution in [0, 0.1) is 0 Å². The minimum absolute atomic E-state index is 0.106. The van der Waals surface area contributed by atoms with Crippen LogP contribution in [-0.2, 0) is 28.1 Å². The third-order valence-electron chi connectivity index (χ3n) is 6.61. The topological polar surface area (TPSA) is 94.0 Å². The molecule has 182 valence electrons. The minimum atomic E-state index is -0.602. The Morgan fingerprint density at radius 1 is 1.15 bits per heavy atom. The number of methoxy groups -OCH3 is 1. The lowest BCUT2D eigenvalue weighted by Crippen LogP contribution is -2.47. The molecule has 0 radical (unpaired) electrons. The molecule has 2 aliphatic rings. The van der Waals surface area contributed by atoms with Crippen LogP contribution in [0.2, 0.25) is 0 Å². The Morgan fingerprint density at radius 3 is 2.35 bits per heavy atom. The number of aromatic nitrogens is 2. The average Bonchev–Trinajstić information content (AvgIpc) is 3.50. The zero-order valence-electron chi connectivity index (χ0n) is 20.6. The van der Waals surface area contributed by atoms with E-state index in [1.807, 2.05) is 39.8 Å². The van der Waals surface area contributed by atoms with Crippen LogP contribution in [0.3, 0.4) is 0 Å². The van der Waals surface area contributed by atoms with E-state index in [4.69, 9.17) is 9.47 Å². The SMILES string of the molecule is COC(=O)c1ccc(C2(N(C)C(=O)c3cnn4c3CN(C(=O)OC(C)(C)C)C(C)C4)CC2)cc1. The molecule has 2 aromatic rings. The summed E-state index contributed by atoms with van der Waals surface area (Å²) in [6, 6.07) is 7.10. The van der Waals surface area contributed by atoms with E-state index in [-0.39, 0.29) is 18.5 Å². The van der Waals surface area contributed by atoms with Gasteiger partial charge < -0.3 is 14.4 Å². The number of benzene rings is 1. The van der Waals surface area contributed by atoms with Crippen LogP contribution in [-0.4, -0.2) is 63.4 Å². The summed E-state index contributed by atoms with van der Waals surface area (Å²) < 4.78 is 12.2. The second kappa shape index (κ2) is 8.45. The van der Waals surface area contributed by atoms with Crippen molar-refractivity contribution in [3.63, 3.8) is 0 Å². The molecule has 1 aromatic heterocycles. The maximum Gasteiger partial charge on any atom is 0.410 e. The van der Waals surface area contributed by atoms with Crippen LogP contribution in [0.15, 0.2) is 30.5 Å².